The first-order valence-electron chi connectivity index (χ1n) is 14.1. The third-order valence-corrected chi connectivity index (χ3v) is 7.69. The number of hydrogen-bond acceptors (Lipinski definition) is 5. The molecule has 8 heteroatoms. The van der Waals surface area contributed by atoms with Gasteiger partial charge in [0, 0.05) is 62.6 Å². The Bertz CT molecular complexity index is 1110. The van der Waals surface area contributed by atoms with Crippen molar-refractivity contribution in [3.05, 3.63) is 59.9 Å². The summed E-state index contributed by atoms with van der Waals surface area (Å²) in [6.07, 6.45) is 3.27. The Balaban J connectivity index is 1.24. The van der Waals surface area contributed by atoms with E-state index in [-0.39, 0.29) is 29.8 Å². The van der Waals surface area contributed by atoms with Crippen molar-refractivity contribution in [2.75, 3.05) is 36.9 Å². The number of hydrogen-bond donors (Lipinski definition) is 1. The third kappa shape index (κ3) is 7.94. The number of halogens is 1. The molecule has 39 heavy (non-hydrogen) atoms. The molecule has 2 aromatic rings. The van der Waals surface area contributed by atoms with E-state index in [4.69, 9.17) is 4.74 Å². The Kier molecular flexibility index (Phi) is 9.15. The van der Waals surface area contributed by atoms with Crippen LogP contribution in [0.5, 0.6) is 0 Å². The summed E-state index contributed by atoms with van der Waals surface area (Å²) in [6.45, 7) is 10.8. The van der Waals surface area contributed by atoms with Crippen molar-refractivity contribution in [2.45, 2.75) is 77.6 Å². The minimum absolute atomic E-state index is 0.0173. The number of carbonyl (C=O) groups excluding carboxylic acids is 2. The van der Waals surface area contributed by atoms with Gasteiger partial charge < -0.3 is 19.9 Å². The number of carbonyl (C=O) groups is 2. The van der Waals surface area contributed by atoms with Gasteiger partial charge in [-0.3, -0.25) is 9.69 Å². The van der Waals surface area contributed by atoms with Crippen LogP contribution in [-0.2, 0) is 16.1 Å². The van der Waals surface area contributed by atoms with Gasteiger partial charge >= 0.3 is 6.09 Å². The largest absolute Gasteiger partial charge is 0.444 e. The number of nitrogens with one attached hydrogen (secondary N) is 1. The van der Waals surface area contributed by atoms with Gasteiger partial charge in [-0.2, -0.15) is 0 Å². The van der Waals surface area contributed by atoms with Crippen LogP contribution in [0.15, 0.2) is 48.5 Å². The summed E-state index contributed by atoms with van der Waals surface area (Å²) in [5.41, 5.74) is 2.51. The average molecular weight is 539 g/mol. The number of rotatable bonds is 6. The third-order valence-electron chi connectivity index (χ3n) is 7.69. The molecule has 4 rings (SSSR count). The van der Waals surface area contributed by atoms with E-state index in [1.807, 2.05) is 44.9 Å². The molecule has 0 bridgehead atoms. The van der Waals surface area contributed by atoms with Crippen LogP contribution in [-0.4, -0.2) is 66.2 Å². The monoisotopic (exact) mass is 538 g/mol. The summed E-state index contributed by atoms with van der Waals surface area (Å²) in [4.78, 5) is 31.7. The van der Waals surface area contributed by atoms with Gasteiger partial charge in [0.25, 0.3) is 0 Å². The standard InChI is InChI=1S/C31H43FN4O3/c1-22-20-35(18-19-36(22)30(38)39-31(2,3)4)21-23-6-16-28(17-7-23)34(5)29(37)24-8-12-26(13-9-24)33-27-14-10-25(32)11-15-27/h6-7,10-11,14-17,22,24,26,33H,8-9,12-13,18-21H2,1-5H3/t22-,24?,26?/m0/s1. The van der Waals surface area contributed by atoms with Gasteiger partial charge in [-0.15, -0.1) is 0 Å². The molecule has 1 atom stereocenters. The maximum atomic E-state index is 13.2. The molecule has 1 N–H and O–H groups in total. The Labute approximate surface area is 232 Å². The van der Waals surface area contributed by atoms with Crippen LogP contribution in [0.1, 0.15) is 58.9 Å². The second-order valence-corrected chi connectivity index (χ2v) is 12.0. The van der Waals surface area contributed by atoms with Crippen LogP contribution in [0.2, 0.25) is 0 Å². The zero-order chi connectivity index (χ0) is 28.2. The van der Waals surface area contributed by atoms with E-state index < -0.39 is 5.60 Å². The van der Waals surface area contributed by atoms with Crippen molar-refractivity contribution in [3.63, 3.8) is 0 Å². The number of nitrogens with zero attached hydrogens (tertiary/aromatic N) is 3. The second kappa shape index (κ2) is 12.4. The molecule has 1 heterocycles. The molecule has 0 spiro atoms. The van der Waals surface area contributed by atoms with Crippen LogP contribution in [0.4, 0.5) is 20.6 Å². The molecule has 2 aromatic carbocycles. The lowest BCUT2D eigenvalue weighted by molar-refractivity contribution is -0.123. The second-order valence-electron chi connectivity index (χ2n) is 12.0. The molecule has 2 fully saturated rings. The van der Waals surface area contributed by atoms with Crippen molar-refractivity contribution in [1.29, 1.82) is 0 Å². The first kappa shape index (κ1) is 28.9. The smallest absolute Gasteiger partial charge is 0.410 e. The van der Waals surface area contributed by atoms with E-state index in [2.05, 4.69) is 29.3 Å². The van der Waals surface area contributed by atoms with Crippen molar-refractivity contribution < 1.29 is 18.7 Å². The Hall–Kier alpha value is -3.13. The van der Waals surface area contributed by atoms with Crippen LogP contribution in [0.25, 0.3) is 0 Å². The lowest BCUT2D eigenvalue weighted by atomic mass is 9.85. The topological polar surface area (TPSA) is 65.1 Å². The van der Waals surface area contributed by atoms with E-state index >= 15 is 0 Å². The fourth-order valence-electron chi connectivity index (χ4n) is 5.52. The van der Waals surface area contributed by atoms with Gasteiger partial charge in [-0.05, 0) is 95.3 Å². The molecule has 2 aliphatic rings. The number of benzene rings is 2. The lowest BCUT2D eigenvalue weighted by Crippen LogP contribution is -2.54. The summed E-state index contributed by atoms with van der Waals surface area (Å²) >= 11 is 0. The number of ether oxygens (including phenoxy) is 1. The highest BCUT2D eigenvalue weighted by atomic mass is 19.1. The predicted octanol–water partition coefficient (Wildman–Crippen LogP) is 5.90. The highest BCUT2D eigenvalue weighted by molar-refractivity contribution is 5.94. The van der Waals surface area contributed by atoms with Gasteiger partial charge in [0.15, 0.2) is 0 Å². The average Bonchev–Trinajstić information content (AvgIpc) is 2.89. The zero-order valence-electron chi connectivity index (χ0n) is 24.0. The summed E-state index contributed by atoms with van der Waals surface area (Å²) in [5.74, 6) is -0.0579. The fourth-order valence-corrected chi connectivity index (χ4v) is 5.52. The molecule has 7 nitrogen and oxygen atoms in total. The number of anilines is 2. The number of amides is 2. The molecular formula is C31H43FN4O3. The Morgan fingerprint density at radius 1 is 1.00 bits per heavy atom. The quantitative estimate of drug-likeness (QED) is 0.496. The normalized spacial score (nSPS) is 22.3. The van der Waals surface area contributed by atoms with Gasteiger partial charge in [-0.25, -0.2) is 9.18 Å². The van der Waals surface area contributed by atoms with Gasteiger partial charge in [0.05, 0.1) is 0 Å². The van der Waals surface area contributed by atoms with E-state index in [0.29, 0.717) is 12.6 Å². The van der Waals surface area contributed by atoms with E-state index in [9.17, 15) is 14.0 Å². The Morgan fingerprint density at radius 3 is 2.23 bits per heavy atom. The SMILES string of the molecule is C[C@H]1CN(Cc2ccc(N(C)C(=O)C3CCC(Nc4ccc(F)cc4)CC3)cc2)CCN1C(=O)OC(C)(C)C. The van der Waals surface area contributed by atoms with Crippen LogP contribution >= 0.6 is 0 Å². The molecule has 2 amide bonds. The van der Waals surface area contributed by atoms with Gasteiger partial charge in [-0.1, -0.05) is 12.1 Å². The summed E-state index contributed by atoms with van der Waals surface area (Å²) in [5, 5.41) is 3.47. The highest BCUT2D eigenvalue weighted by Crippen LogP contribution is 2.29. The maximum absolute atomic E-state index is 13.2. The molecule has 1 aliphatic carbocycles. The molecule has 0 unspecified atom stereocenters. The van der Waals surface area contributed by atoms with Crippen molar-refractivity contribution in [2.24, 2.45) is 5.92 Å². The lowest BCUT2D eigenvalue weighted by Gasteiger charge is -2.40. The van der Waals surface area contributed by atoms with Gasteiger partial charge in [0.2, 0.25) is 5.91 Å². The van der Waals surface area contributed by atoms with Crippen LogP contribution in [0.3, 0.4) is 0 Å². The van der Waals surface area contributed by atoms with E-state index in [1.54, 1.807) is 17.0 Å². The number of piperazine rings is 1. The van der Waals surface area contributed by atoms with E-state index in [1.165, 1.54) is 17.7 Å². The molecule has 0 aromatic heterocycles. The van der Waals surface area contributed by atoms with Crippen molar-refractivity contribution >= 4 is 23.4 Å². The molecule has 1 saturated heterocycles. The van der Waals surface area contributed by atoms with Gasteiger partial charge in [0.1, 0.15) is 11.4 Å². The fraction of sp³-hybridized carbons (Fsp3) is 0.548. The van der Waals surface area contributed by atoms with Crippen molar-refractivity contribution in [3.8, 4) is 0 Å². The zero-order valence-corrected chi connectivity index (χ0v) is 24.0. The maximum Gasteiger partial charge on any atom is 0.410 e. The van der Waals surface area contributed by atoms with E-state index in [0.717, 1.165) is 56.7 Å². The summed E-state index contributed by atoms with van der Waals surface area (Å²) < 4.78 is 18.7. The molecule has 0 radical (unpaired) electrons. The predicted molar refractivity (Wildman–Crippen MR) is 153 cm³/mol. The molecule has 1 aliphatic heterocycles. The first-order valence-corrected chi connectivity index (χ1v) is 14.1. The van der Waals surface area contributed by atoms with Crippen LogP contribution < -0.4 is 10.2 Å². The molecular weight excluding hydrogens is 495 g/mol. The van der Waals surface area contributed by atoms with Crippen LogP contribution in [0, 0.1) is 11.7 Å². The summed E-state index contributed by atoms with van der Waals surface area (Å²) in [6, 6.07) is 15.1. The minimum atomic E-state index is -0.494. The summed E-state index contributed by atoms with van der Waals surface area (Å²) in [7, 11) is 1.86. The highest BCUT2D eigenvalue weighted by Gasteiger charge is 2.31. The Morgan fingerprint density at radius 2 is 1.64 bits per heavy atom. The van der Waals surface area contributed by atoms with Crippen molar-refractivity contribution in [1.82, 2.24) is 9.80 Å². The molecule has 1 saturated carbocycles. The minimum Gasteiger partial charge on any atom is -0.444 e. The molecule has 212 valence electrons. The first-order chi connectivity index (χ1) is 18.5.